The zero-order chi connectivity index (χ0) is 16.5. The predicted octanol–water partition coefficient (Wildman–Crippen LogP) is 5.38. The van der Waals surface area contributed by atoms with Crippen molar-refractivity contribution in [2.24, 2.45) is 16.7 Å². The van der Waals surface area contributed by atoms with Crippen LogP contribution in [0.25, 0.3) is 0 Å². The SMILES string of the molecule is CC1=C(C)C2(C)C(C)(OC(=O)c3ccc(Br)cc3)C(C)C12C. The maximum absolute atomic E-state index is 12.6. The van der Waals surface area contributed by atoms with Gasteiger partial charge in [-0.15, -0.1) is 0 Å². The Morgan fingerprint density at radius 3 is 2.18 bits per heavy atom. The van der Waals surface area contributed by atoms with Gasteiger partial charge in [0.2, 0.25) is 0 Å². The molecular formula is C19H23BrO2. The molecular weight excluding hydrogens is 340 g/mol. The molecule has 1 fully saturated rings. The minimum Gasteiger partial charge on any atom is -0.454 e. The Hall–Kier alpha value is -1.09. The van der Waals surface area contributed by atoms with Gasteiger partial charge in [0, 0.05) is 21.2 Å². The van der Waals surface area contributed by atoms with Gasteiger partial charge in [-0.2, -0.15) is 0 Å². The number of allylic oxidation sites excluding steroid dienone is 1. The minimum atomic E-state index is -0.449. The van der Waals surface area contributed by atoms with Gasteiger partial charge in [0.05, 0.1) is 5.56 Å². The number of esters is 1. The van der Waals surface area contributed by atoms with E-state index in [9.17, 15) is 4.79 Å². The van der Waals surface area contributed by atoms with Crippen molar-refractivity contribution in [1.29, 1.82) is 0 Å². The molecule has 0 heterocycles. The van der Waals surface area contributed by atoms with E-state index in [-0.39, 0.29) is 16.8 Å². The molecule has 3 rings (SSSR count). The summed E-state index contributed by atoms with van der Waals surface area (Å²) in [6.45, 7) is 13.2. The van der Waals surface area contributed by atoms with Crippen LogP contribution in [0.1, 0.15) is 51.9 Å². The summed E-state index contributed by atoms with van der Waals surface area (Å²) in [5, 5.41) is 0. The molecule has 2 aliphatic rings. The highest BCUT2D eigenvalue weighted by Gasteiger charge is 2.80. The summed E-state index contributed by atoms with van der Waals surface area (Å²) in [4.78, 5) is 12.6. The minimum absolute atomic E-state index is 0.0610. The fraction of sp³-hybridized carbons (Fsp3) is 0.526. The van der Waals surface area contributed by atoms with Crippen LogP contribution in [0.2, 0.25) is 0 Å². The first-order valence-corrected chi connectivity index (χ1v) is 8.57. The van der Waals surface area contributed by atoms with E-state index >= 15 is 0 Å². The number of carbonyl (C=O) groups excluding carboxylic acids is 1. The highest BCUT2D eigenvalue weighted by atomic mass is 79.9. The smallest absolute Gasteiger partial charge is 0.338 e. The Morgan fingerprint density at radius 1 is 1.09 bits per heavy atom. The van der Waals surface area contributed by atoms with Crippen molar-refractivity contribution in [3.05, 3.63) is 45.4 Å². The molecule has 118 valence electrons. The lowest BCUT2D eigenvalue weighted by atomic mass is 9.27. The van der Waals surface area contributed by atoms with Crippen LogP contribution < -0.4 is 0 Å². The molecule has 1 aromatic rings. The van der Waals surface area contributed by atoms with Gasteiger partial charge in [-0.05, 0) is 45.0 Å². The zero-order valence-corrected chi connectivity index (χ0v) is 15.7. The molecule has 0 aliphatic heterocycles. The molecule has 0 amide bonds. The average Bonchev–Trinajstić information content (AvgIpc) is 2.51. The first-order chi connectivity index (χ1) is 10.1. The summed E-state index contributed by atoms with van der Waals surface area (Å²) < 4.78 is 7.00. The second-order valence-electron chi connectivity index (χ2n) is 7.30. The number of benzene rings is 1. The number of hydrogen-bond donors (Lipinski definition) is 0. The highest BCUT2D eigenvalue weighted by molar-refractivity contribution is 9.10. The molecule has 0 saturated heterocycles. The van der Waals surface area contributed by atoms with Gasteiger partial charge in [0.1, 0.15) is 5.60 Å². The van der Waals surface area contributed by atoms with Crippen molar-refractivity contribution < 1.29 is 9.53 Å². The largest absolute Gasteiger partial charge is 0.454 e. The lowest BCUT2D eigenvalue weighted by molar-refractivity contribution is -0.276. The Labute approximate surface area is 141 Å². The average molecular weight is 363 g/mol. The summed E-state index contributed by atoms with van der Waals surface area (Å²) in [5.74, 6) is 0.0792. The van der Waals surface area contributed by atoms with Gasteiger partial charge in [0.25, 0.3) is 0 Å². The predicted molar refractivity (Wildman–Crippen MR) is 91.7 cm³/mol. The Bertz CT molecular complexity index is 690. The summed E-state index contributed by atoms with van der Waals surface area (Å²) >= 11 is 3.39. The number of ether oxygens (including phenoxy) is 1. The van der Waals surface area contributed by atoms with Crippen molar-refractivity contribution in [3.63, 3.8) is 0 Å². The highest BCUT2D eigenvalue weighted by Crippen LogP contribution is 2.80. The number of fused-ring (bicyclic) bond motifs is 1. The normalized spacial score (nSPS) is 39.7. The van der Waals surface area contributed by atoms with Crippen LogP contribution in [0.5, 0.6) is 0 Å². The maximum atomic E-state index is 12.6. The summed E-state index contributed by atoms with van der Waals surface area (Å²) in [6.07, 6.45) is 0. The van der Waals surface area contributed by atoms with Crippen molar-refractivity contribution in [2.45, 2.75) is 47.1 Å². The van der Waals surface area contributed by atoms with Crippen LogP contribution >= 0.6 is 15.9 Å². The van der Waals surface area contributed by atoms with Crippen LogP contribution in [-0.2, 0) is 4.74 Å². The molecule has 0 aromatic heterocycles. The van der Waals surface area contributed by atoms with Gasteiger partial charge in [-0.25, -0.2) is 4.79 Å². The topological polar surface area (TPSA) is 26.3 Å². The molecule has 2 nitrogen and oxygen atoms in total. The summed E-state index contributed by atoms with van der Waals surface area (Å²) in [6, 6.07) is 7.34. The number of halogens is 1. The van der Waals surface area contributed by atoms with Crippen molar-refractivity contribution in [2.75, 3.05) is 0 Å². The van der Waals surface area contributed by atoms with E-state index in [1.807, 2.05) is 12.1 Å². The molecule has 0 N–H and O–H groups in total. The molecule has 1 saturated carbocycles. The zero-order valence-electron chi connectivity index (χ0n) is 14.1. The third-order valence-electron chi connectivity index (χ3n) is 7.20. The first kappa shape index (κ1) is 15.8. The van der Waals surface area contributed by atoms with Gasteiger partial charge in [-0.3, -0.25) is 0 Å². The monoisotopic (exact) mass is 362 g/mol. The molecule has 4 unspecified atom stereocenters. The summed E-state index contributed by atoms with van der Waals surface area (Å²) in [5.41, 5.74) is 3.07. The molecule has 4 atom stereocenters. The van der Waals surface area contributed by atoms with Gasteiger partial charge >= 0.3 is 5.97 Å². The van der Waals surface area contributed by atoms with E-state index in [1.165, 1.54) is 11.1 Å². The fourth-order valence-electron chi connectivity index (χ4n) is 5.05. The number of rotatable bonds is 2. The third kappa shape index (κ3) is 1.49. The lowest BCUT2D eigenvalue weighted by Gasteiger charge is -2.78. The maximum Gasteiger partial charge on any atom is 0.338 e. The fourth-order valence-corrected chi connectivity index (χ4v) is 5.31. The quantitative estimate of drug-likeness (QED) is 0.521. The molecule has 22 heavy (non-hydrogen) atoms. The number of carbonyl (C=O) groups is 1. The molecule has 2 aliphatic carbocycles. The summed E-state index contributed by atoms with van der Waals surface area (Å²) in [7, 11) is 0. The molecule has 0 spiro atoms. The van der Waals surface area contributed by atoms with Crippen LogP contribution in [0.3, 0.4) is 0 Å². The van der Waals surface area contributed by atoms with E-state index in [4.69, 9.17) is 4.74 Å². The second kappa shape index (κ2) is 4.47. The van der Waals surface area contributed by atoms with Crippen molar-refractivity contribution in [3.8, 4) is 0 Å². The van der Waals surface area contributed by atoms with Crippen molar-refractivity contribution in [1.82, 2.24) is 0 Å². The van der Waals surface area contributed by atoms with Crippen molar-refractivity contribution >= 4 is 21.9 Å². The van der Waals surface area contributed by atoms with Crippen LogP contribution in [-0.4, -0.2) is 11.6 Å². The second-order valence-corrected chi connectivity index (χ2v) is 8.22. The van der Waals surface area contributed by atoms with E-state index in [1.54, 1.807) is 12.1 Å². The molecule has 1 aromatic carbocycles. The van der Waals surface area contributed by atoms with Gasteiger partial charge in [-0.1, -0.05) is 47.8 Å². The van der Waals surface area contributed by atoms with E-state index in [0.29, 0.717) is 11.5 Å². The Balaban J connectivity index is 1.90. The van der Waals surface area contributed by atoms with Crippen LogP contribution in [0, 0.1) is 16.7 Å². The van der Waals surface area contributed by atoms with E-state index in [2.05, 4.69) is 57.5 Å². The molecule has 3 heteroatoms. The first-order valence-electron chi connectivity index (χ1n) is 7.78. The Kier molecular flexibility index (Phi) is 3.21. The molecule has 0 bridgehead atoms. The number of hydrogen-bond acceptors (Lipinski definition) is 2. The lowest BCUT2D eigenvalue weighted by Crippen LogP contribution is -2.79. The van der Waals surface area contributed by atoms with Crippen LogP contribution in [0.15, 0.2) is 39.9 Å². The third-order valence-corrected chi connectivity index (χ3v) is 7.73. The van der Waals surface area contributed by atoms with Crippen LogP contribution in [0.4, 0.5) is 0 Å². The van der Waals surface area contributed by atoms with E-state index < -0.39 is 5.60 Å². The van der Waals surface area contributed by atoms with Gasteiger partial charge < -0.3 is 4.74 Å². The molecule has 0 radical (unpaired) electrons. The standard InChI is InChI=1S/C19H23BrO2/c1-11-12(2)18(5)17(11,4)13(3)19(18,6)22-16(21)14-7-9-15(20)10-8-14/h7-10,13H,1-6H3. The van der Waals surface area contributed by atoms with E-state index in [0.717, 1.165) is 4.47 Å². The van der Waals surface area contributed by atoms with Gasteiger partial charge in [0.15, 0.2) is 0 Å². The Morgan fingerprint density at radius 2 is 1.64 bits per heavy atom.